The number of amides is 1. The van der Waals surface area contributed by atoms with E-state index in [1.807, 2.05) is 24.3 Å². The Balaban J connectivity index is 1.75. The normalized spacial score (nSPS) is 15.5. The Kier molecular flexibility index (Phi) is 4.42. The molecule has 1 fully saturated rings. The lowest BCUT2D eigenvalue weighted by molar-refractivity contribution is -0.120. The summed E-state index contributed by atoms with van der Waals surface area (Å²) in [4.78, 5) is 12.3. The van der Waals surface area contributed by atoms with Crippen molar-refractivity contribution in [2.45, 2.75) is 32.1 Å². The van der Waals surface area contributed by atoms with Gasteiger partial charge in [-0.1, -0.05) is 36.6 Å². The Morgan fingerprint density at radius 2 is 1.95 bits per heavy atom. The van der Waals surface area contributed by atoms with Gasteiger partial charge in [-0.15, -0.1) is 0 Å². The standard InChI is InChI=1S/C17H20N2O3/c1-21-14-9-7-12(8-10-14)15-11-18-22-17(15)19-16(20)13-5-3-2-4-6-13/h7-11,13H,2-6H2,1H3,(H,19,20). The van der Waals surface area contributed by atoms with E-state index in [-0.39, 0.29) is 11.8 Å². The van der Waals surface area contributed by atoms with Gasteiger partial charge in [-0.25, -0.2) is 0 Å². The molecule has 5 heteroatoms. The van der Waals surface area contributed by atoms with Gasteiger partial charge in [0.05, 0.1) is 18.9 Å². The van der Waals surface area contributed by atoms with Crippen molar-refractivity contribution in [3.63, 3.8) is 0 Å². The fourth-order valence-corrected chi connectivity index (χ4v) is 2.88. The maximum Gasteiger partial charge on any atom is 0.239 e. The summed E-state index contributed by atoms with van der Waals surface area (Å²) >= 11 is 0. The quantitative estimate of drug-likeness (QED) is 0.931. The monoisotopic (exact) mass is 300 g/mol. The van der Waals surface area contributed by atoms with Crippen molar-refractivity contribution in [3.05, 3.63) is 30.5 Å². The van der Waals surface area contributed by atoms with Crippen LogP contribution in [0.15, 0.2) is 35.0 Å². The zero-order valence-corrected chi connectivity index (χ0v) is 12.7. The van der Waals surface area contributed by atoms with Gasteiger partial charge in [0, 0.05) is 5.92 Å². The van der Waals surface area contributed by atoms with E-state index in [4.69, 9.17) is 9.26 Å². The predicted octanol–water partition coefficient (Wildman–Crippen LogP) is 3.87. The van der Waals surface area contributed by atoms with Crippen molar-refractivity contribution in [1.82, 2.24) is 5.16 Å². The Bertz CT molecular complexity index is 628. The Morgan fingerprint density at radius 1 is 1.23 bits per heavy atom. The summed E-state index contributed by atoms with van der Waals surface area (Å²) in [5, 5.41) is 6.71. The van der Waals surface area contributed by atoms with Gasteiger partial charge in [0.15, 0.2) is 0 Å². The lowest BCUT2D eigenvalue weighted by atomic mass is 9.88. The summed E-state index contributed by atoms with van der Waals surface area (Å²) in [6.45, 7) is 0. The van der Waals surface area contributed by atoms with E-state index in [2.05, 4.69) is 10.5 Å². The third kappa shape index (κ3) is 3.13. The molecule has 1 saturated carbocycles. The average Bonchev–Trinajstić information content (AvgIpc) is 3.04. The number of carbonyl (C=O) groups excluding carboxylic acids is 1. The van der Waals surface area contributed by atoms with E-state index >= 15 is 0 Å². The van der Waals surface area contributed by atoms with E-state index in [1.54, 1.807) is 13.3 Å². The number of hydrogen-bond acceptors (Lipinski definition) is 4. The molecule has 1 N–H and O–H groups in total. The first-order valence-electron chi connectivity index (χ1n) is 7.68. The highest BCUT2D eigenvalue weighted by atomic mass is 16.5. The van der Waals surface area contributed by atoms with Crippen LogP contribution in [0.5, 0.6) is 5.75 Å². The minimum absolute atomic E-state index is 0.0335. The summed E-state index contributed by atoms with van der Waals surface area (Å²) in [5.41, 5.74) is 1.72. The minimum atomic E-state index is 0.0335. The molecule has 0 unspecified atom stereocenters. The summed E-state index contributed by atoms with van der Waals surface area (Å²) in [6, 6.07) is 7.58. The molecule has 0 aliphatic heterocycles. The maximum atomic E-state index is 12.3. The number of nitrogens with zero attached hydrogens (tertiary/aromatic N) is 1. The molecule has 2 aromatic rings. The van der Waals surface area contributed by atoms with Crippen LogP contribution in [0.4, 0.5) is 5.88 Å². The summed E-state index contributed by atoms with van der Waals surface area (Å²) in [6.07, 6.45) is 7.01. The molecule has 0 radical (unpaired) electrons. The topological polar surface area (TPSA) is 64.4 Å². The van der Waals surface area contributed by atoms with Gasteiger partial charge in [-0.05, 0) is 30.5 Å². The molecule has 1 aliphatic rings. The number of nitrogens with one attached hydrogen (secondary N) is 1. The van der Waals surface area contributed by atoms with Crippen molar-refractivity contribution in [2.24, 2.45) is 5.92 Å². The number of carbonyl (C=O) groups is 1. The summed E-state index contributed by atoms with van der Waals surface area (Å²) < 4.78 is 10.4. The second-order valence-electron chi connectivity index (χ2n) is 5.62. The average molecular weight is 300 g/mol. The summed E-state index contributed by atoms with van der Waals surface area (Å²) in [5.74, 6) is 1.32. The van der Waals surface area contributed by atoms with Gasteiger partial charge in [0.2, 0.25) is 11.8 Å². The van der Waals surface area contributed by atoms with Crippen LogP contribution in [0.1, 0.15) is 32.1 Å². The largest absolute Gasteiger partial charge is 0.497 e. The van der Waals surface area contributed by atoms with Crippen molar-refractivity contribution in [3.8, 4) is 16.9 Å². The molecule has 116 valence electrons. The van der Waals surface area contributed by atoms with E-state index in [0.29, 0.717) is 5.88 Å². The number of aromatic nitrogens is 1. The first kappa shape index (κ1) is 14.6. The SMILES string of the molecule is COc1ccc(-c2cnoc2NC(=O)C2CCCCC2)cc1. The highest BCUT2D eigenvalue weighted by Crippen LogP contribution is 2.31. The molecule has 1 aromatic carbocycles. The van der Waals surface area contributed by atoms with Gasteiger partial charge >= 0.3 is 0 Å². The van der Waals surface area contributed by atoms with Crippen molar-refractivity contribution >= 4 is 11.8 Å². The zero-order valence-electron chi connectivity index (χ0n) is 12.7. The zero-order chi connectivity index (χ0) is 15.4. The Hall–Kier alpha value is -2.30. The highest BCUT2D eigenvalue weighted by molar-refractivity contribution is 5.94. The van der Waals surface area contributed by atoms with Gasteiger partial charge < -0.3 is 9.26 Å². The lowest BCUT2D eigenvalue weighted by Crippen LogP contribution is -2.24. The molecule has 0 atom stereocenters. The molecule has 5 nitrogen and oxygen atoms in total. The molecule has 3 rings (SSSR count). The van der Waals surface area contributed by atoms with Crippen LogP contribution in [0.3, 0.4) is 0 Å². The van der Waals surface area contributed by atoms with E-state index in [1.165, 1.54) is 6.42 Å². The van der Waals surface area contributed by atoms with Crippen LogP contribution in [0, 0.1) is 5.92 Å². The van der Waals surface area contributed by atoms with Crippen molar-refractivity contribution in [2.75, 3.05) is 12.4 Å². The summed E-state index contributed by atoms with van der Waals surface area (Å²) in [7, 11) is 1.63. The number of ether oxygens (including phenoxy) is 1. The molecule has 0 spiro atoms. The van der Waals surface area contributed by atoms with Gasteiger partial charge in [0.1, 0.15) is 5.75 Å². The second kappa shape index (κ2) is 6.64. The van der Waals surface area contributed by atoms with Crippen LogP contribution >= 0.6 is 0 Å². The highest BCUT2D eigenvalue weighted by Gasteiger charge is 2.23. The fourth-order valence-electron chi connectivity index (χ4n) is 2.88. The lowest BCUT2D eigenvalue weighted by Gasteiger charge is -2.20. The van der Waals surface area contributed by atoms with Crippen molar-refractivity contribution < 1.29 is 14.1 Å². The van der Waals surface area contributed by atoms with E-state index < -0.39 is 0 Å². The third-order valence-electron chi connectivity index (χ3n) is 4.18. The van der Waals surface area contributed by atoms with Crippen LogP contribution < -0.4 is 10.1 Å². The predicted molar refractivity (Wildman–Crippen MR) is 83.7 cm³/mol. The fraction of sp³-hybridized carbons (Fsp3) is 0.412. The van der Waals surface area contributed by atoms with Crippen LogP contribution in [-0.4, -0.2) is 18.2 Å². The molecule has 0 bridgehead atoms. The Labute approximate surface area is 129 Å². The minimum Gasteiger partial charge on any atom is -0.497 e. The van der Waals surface area contributed by atoms with Crippen molar-refractivity contribution in [1.29, 1.82) is 0 Å². The molecule has 22 heavy (non-hydrogen) atoms. The van der Waals surface area contributed by atoms with Crippen LogP contribution in [0.2, 0.25) is 0 Å². The van der Waals surface area contributed by atoms with E-state index in [0.717, 1.165) is 42.6 Å². The first-order valence-corrected chi connectivity index (χ1v) is 7.68. The molecular weight excluding hydrogens is 280 g/mol. The van der Waals surface area contributed by atoms with Crippen LogP contribution in [0.25, 0.3) is 11.1 Å². The number of methoxy groups -OCH3 is 1. The smallest absolute Gasteiger partial charge is 0.239 e. The van der Waals surface area contributed by atoms with Gasteiger partial charge in [0.25, 0.3) is 0 Å². The van der Waals surface area contributed by atoms with Gasteiger partial charge in [-0.2, -0.15) is 0 Å². The molecular formula is C17H20N2O3. The number of hydrogen-bond donors (Lipinski definition) is 1. The van der Waals surface area contributed by atoms with Crippen LogP contribution in [-0.2, 0) is 4.79 Å². The molecule has 0 saturated heterocycles. The van der Waals surface area contributed by atoms with E-state index in [9.17, 15) is 4.79 Å². The maximum absolute atomic E-state index is 12.3. The second-order valence-corrected chi connectivity index (χ2v) is 5.62. The molecule has 1 aromatic heterocycles. The number of benzene rings is 1. The molecule has 1 heterocycles. The molecule has 1 amide bonds. The number of rotatable bonds is 4. The molecule has 1 aliphatic carbocycles. The third-order valence-corrected chi connectivity index (χ3v) is 4.18. The first-order chi connectivity index (χ1) is 10.8. The Morgan fingerprint density at radius 3 is 2.64 bits per heavy atom. The van der Waals surface area contributed by atoms with Gasteiger partial charge in [-0.3, -0.25) is 10.1 Å². The number of anilines is 1.